The number of hydrogen-bond donors (Lipinski definition) is 0. The largest absolute Gasteiger partial charge is 0.247 e. The molecule has 0 atom stereocenters. The fourth-order valence-electron chi connectivity index (χ4n) is 3.95. The van der Waals surface area contributed by atoms with E-state index in [0.29, 0.717) is 0 Å². The lowest BCUT2D eigenvalue weighted by Gasteiger charge is -2.16. The SMILES string of the molecule is Cc1c(-c2ccccc2)nc2c(ccc3ccccc32)c1-c1ccccc1. The highest BCUT2D eigenvalue weighted by Gasteiger charge is 2.16. The molecule has 0 spiro atoms. The topological polar surface area (TPSA) is 12.9 Å². The predicted octanol–water partition coefficient (Wildman–Crippen LogP) is 7.03. The van der Waals surface area contributed by atoms with Gasteiger partial charge in [0, 0.05) is 16.3 Å². The Morgan fingerprint density at radius 2 is 1.19 bits per heavy atom. The predicted molar refractivity (Wildman–Crippen MR) is 115 cm³/mol. The van der Waals surface area contributed by atoms with Gasteiger partial charge >= 0.3 is 0 Å². The van der Waals surface area contributed by atoms with Gasteiger partial charge in [-0.2, -0.15) is 0 Å². The summed E-state index contributed by atoms with van der Waals surface area (Å²) in [5.41, 5.74) is 6.99. The second-order valence-electron chi connectivity index (χ2n) is 6.88. The van der Waals surface area contributed by atoms with Crippen molar-refractivity contribution in [3.05, 3.63) is 103 Å². The lowest BCUT2D eigenvalue weighted by molar-refractivity contribution is 1.33. The maximum Gasteiger partial charge on any atom is 0.0794 e. The molecule has 0 N–H and O–H groups in total. The van der Waals surface area contributed by atoms with Gasteiger partial charge in [-0.05, 0) is 29.0 Å². The summed E-state index contributed by atoms with van der Waals surface area (Å²) in [4.78, 5) is 5.16. The van der Waals surface area contributed by atoms with Crippen molar-refractivity contribution in [2.75, 3.05) is 0 Å². The smallest absolute Gasteiger partial charge is 0.0794 e. The van der Waals surface area contributed by atoms with E-state index in [0.717, 1.165) is 16.8 Å². The lowest BCUT2D eigenvalue weighted by atomic mass is 9.91. The van der Waals surface area contributed by atoms with Crippen molar-refractivity contribution in [3.8, 4) is 22.4 Å². The highest BCUT2D eigenvalue weighted by atomic mass is 14.7. The van der Waals surface area contributed by atoms with Gasteiger partial charge in [0.15, 0.2) is 0 Å². The standard InChI is InChI=1S/C26H19N/c1-18-24(20-11-4-2-5-12-20)23-17-16-19-10-8-9-15-22(19)26(23)27-25(18)21-13-6-3-7-14-21/h2-17H,1H3. The van der Waals surface area contributed by atoms with Crippen LogP contribution >= 0.6 is 0 Å². The third-order valence-electron chi connectivity index (χ3n) is 5.23. The first kappa shape index (κ1) is 15.8. The highest BCUT2D eigenvalue weighted by molar-refractivity contribution is 6.11. The molecule has 1 heteroatoms. The molecule has 0 saturated carbocycles. The fraction of sp³-hybridized carbons (Fsp3) is 0.0385. The third kappa shape index (κ3) is 2.60. The zero-order valence-electron chi connectivity index (χ0n) is 15.2. The molecule has 0 aliphatic rings. The Morgan fingerprint density at radius 3 is 1.93 bits per heavy atom. The summed E-state index contributed by atoms with van der Waals surface area (Å²) in [5.74, 6) is 0. The fourth-order valence-corrected chi connectivity index (χ4v) is 3.95. The van der Waals surface area contributed by atoms with Crippen molar-refractivity contribution in [3.63, 3.8) is 0 Å². The van der Waals surface area contributed by atoms with E-state index in [-0.39, 0.29) is 0 Å². The second kappa shape index (κ2) is 6.37. The van der Waals surface area contributed by atoms with Crippen LogP contribution in [-0.2, 0) is 0 Å². The van der Waals surface area contributed by atoms with Gasteiger partial charge in [-0.3, -0.25) is 0 Å². The van der Waals surface area contributed by atoms with E-state index >= 15 is 0 Å². The molecule has 1 heterocycles. The van der Waals surface area contributed by atoms with Crippen LogP contribution < -0.4 is 0 Å². The first-order valence-electron chi connectivity index (χ1n) is 9.26. The minimum atomic E-state index is 1.05. The molecule has 1 nitrogen and oxygen atoms in total. The minimum absolute atomic E-state index is 1.05. The van der Waals surface area contributed by atoms with Crippen LogP contribution in [0.2, 0.25) is 0 Å². The average molecular weight is 345 g/mol. The minimum Gasteiger partial charge on any atom is -0.247 e. The average Bonchev–Trinajstić information content (AvgIpc) is 2.74. The van der Waals surface area contributed by atoms with Gasteiger partial charge in [-0.1, -0.05) is 97.1 Å². The number of rotatable bonds is 2. The molecule has 5 aromatic rings. The number of benzene rings is 4. The van der Waals surface area contributed by atoms with Gasteiger partial charge in [-0.25, -0.2) is 4.98 Å². The molecule has 1 aromatic heterocycles. The Hall–Kier alpha value is -3.45. The molecule has 0 aliphatic heterocycles. The normalized spacial score (nSPS) is 11.1. The van der Waals surface area contributed by atoms with E-state index < -0.39 is 0 Å². The van der Waals surface area contributed by atoms with E-state index in [9.17, 15) is 0 Å². The van der Waals surface area contributed by atoms with E-state index in [1.165, 1.54) is 32.8 Å². The number of nitrogens with zero attached hydrogens (tertiary/aromatic N) is 1. The molecule has 0 saturated heterocycles. The quantitative estimate of drug-likeness (QED) is 0.313. The second-order valence-corrected chi connectivity index (χ2v) is 6.88. The Morgan fingerprint density at radius 1 is 0.556 bits per heavy atom. The summed E-state index contributed by atoms with van der Waals surface area (Å²) in [6.07, 6.45) is 0. The first-order valence-corrected chi connectivity index (χ1v) is 9.26. The van der Waals surface area contributed by atoms with E-state index in [1.807, 2.05) is 6.07 Å². The maximum absolute atomic E-state index is 5.16. The molecular formula is C26H19N. The molecule has 0 fully saturated rings. The number of hydrogen-bond acceptors (Lipinski definition) is 1. The van der Waals surface area contributed by atoms with Crippen LogP contribution in [0.15, 0.2) is 97.1 Å². The number of fused-ring (bicyclic) bond motifs is 3. The van der Waals surface area contributed by atoms with Gasteiger partial charge in [0.1, 0.15) is 0 Å². The lowest BCUT2D eigenvalue weighted by Crippen LogP contribution is -1.96. The van der Waals surface area contributed by atoms with Crippen LogP contribution in [0.25, 0.3) is 44.1 Å². The van der Waals surface area contributed by atoms with Crippen LogP contribution in [0, 0.1) is 6.92 Å². The number of aromatic nitrogens is 1. The third-order valence-corrected chi connectivity index (χ3v) is 5.23. The zero-order valence-corrected chi connectivity index (χ0v) is 15.2. The molecule has 0 amide bonds. The van der Waals surface area contributed by atoms with Crippen LogP contribution in [0.1, 0.15) is 5.56 Å². The summed E-state index contributed by atoms with van der Waals surface area (Å²) >= 11 is 0. The molecule has 0 radical (unpaired) electrons. The molecule has 0 unspecified atom stereocenters. The van der Waals surface area contributed by atoms with E-state index in [2.05, 4.69) is 97.9 Å². The van der Waals surface area contributed by atoms with Crippen molar-refractivity contribution < 1.29 is 0 Å². The summed E-state index contributed by atoms with van der Waals surface area (Å²) in [6, 6.07) is 34.0. The van der Waals surface area contributed by atoms with E-state index in [1.54, 1.807) is 0 Å². The molecule has 5 rings (SSSR count). The molecule has 27 heavy (non-hydrogen) atoms. The van der Waals surface area contributed by atoms with Crippen molar-refractivity contribution in [2.24, 2.45) is 0 Å². The van der Waals surface area contributed by atoms with Crippen LogP contribution in [0.3, 0.4) is 0 Å². The molecule has 128 valence electrons. The summed E-state index contributed by atoms with van der Waals surface area (Å²) in [6.45, 7) is 2.19. The summed E-state index contributed by atoms with van der Waals surface area (Å²) in [5, 5.41) is 3.63. The highest BCUT2D eigenvalue weighted by Crippen LogP contribution is 2.38. The van der Waals surface area contributed by atoms with Crippen molar-refractivity contribution in [1.29, 1.82) is 0 Å². The van der Waals surface area contributed by atoms with Gasteiger partial charge in [0.25, 0.3) is 0 Å². The molecule has 0 bridgehead atoms. The molecule has 4 aromatic carbocycles. The summed E-state index contributed by atoms with van der Waals surface area (Å²) < 4.78 is 0. The van der Waals surface area contributed by atoms with Gasteiger partial charge in [-0.15, -0.1) is 0 Å². The first-order chi connectivity index (χ1) is 13.3. The zero-order chi connectivity index (χ0) is 18.2. The summed E-state index contributed by atoms with van der Waals surface area (Å²) in [7, 11) is 0. The number of pyridine rings is 1. The van der Waals surface area contributed by atoms with Crippen LogP contribution in [0.4, 0.5) is 0 Å². The van der Waals surface area contributed by atoms with Crippen molar-refractivity contribution in [2.45, 2.75) is 6.92 Å². The Kier molecular flexibility index (Phi) is 3.72. The van der Waals surface area contributed by atoms with Gasteiger partial charge in [0.2, 0.25) is 0 Å². The van der Waals surface area contributed by atoms with Crippen molar-refractivity contribution in [1.82, 2.24) is 4.98 Å². The Balaban J connectivity index is 1.97. The maximum atomic E-state index is 5.16. The molecular weight excluding hydrogens is 326 g/mol. The molecule has 0 aliphatic carbocycles. The van der Waals surface area contributed by atoms with Crippen LogP contribution in [-0.4, -0.2) is 4.98 Å². The van der Waals surface area contributed by atoms with Crippen LogP contribution in [0.5, 0.6) is 0 Å². The van der Waals surface area contributed by atoms with Crippen molar-refractivity contribution >= 4 is 21.7 Å². The Labute approximate surface area is 158 Å². The monoisotopic (exact) mass is 345 g/mol. The van der Waals surface area contributed by atoms with Gasteiger partial charge < -0.3 is 0 Å². The van der Waals surface area contributed by atoms with Gasteiger partial charge in [0.05, 0.1) is 11.2 Å². The van der Waals surface area contributed by atoms with E-state index in [4.69, 9.17) is 4.98 Å². The Bertz CT molecular complexity index is 1260.